The highest BCUT2D eigenvalue weighted by molar-refractivity contribution is 5.93. The maximum atomic E-state index is 12.7. The van der Waals surface area contributed by atoms with E-state index in [1.165, 1.54) is 0 Å². The third kappa shape index (κ3) is 4.67. The fourth-order valence-electron chi connectivity index (χ4n) is 2.95. The minimum Gasteiger partial charge on any atom is -0.337 e. The lowest BCUT2D eigenvalue weighted by Gasteiger charge is -2.24. The van der Waals surface area contributed by atoms with Crippen LogP contribution in [0.15, 0.2) is 0 Å². The second-order valence-corrected chi connectivity index (χ2v) is 6.31. The first-order chi connectivity index (χ1) is 10.6. The number of rotatable bonds is 6. The number of halogens is 1. The highest BCUT2D eigenvalue weighted by Gasteiger charge is 2.25. The fourth-order valence-corrected chi connectivity index (χ4v) is 2.95. The molecule has 132 valence electrons. The van der Waals surface area contributed by atoms with E-state index in [0.29, 0.717) is 24.2 Å². The van der Waals surface area contributed by atoms with E-state index < -0.39 is 0 Å². The molecule has 0 radical (unpaired) electrons. The molecule has 1 aromatic heterocycles. The Bertz CT molecular complexity index is 499. The van der Waals surface area contributed by atoms with Gasteiger partial charge in [0.05, 0.1) is 11.7 Å². The van der Waals surface area contributed by atoms with Crippen LogP contribution in [0, 0.1) is 12.8 Å². The second kappa shape index (κ2) is 9.23. The first kappa shape index (κ1) is 19.9. The molecule has 0 bridgehead atoms. The molecule has 2 rings (SSSR count). The maximum Gasteiger partial charge on any atom is 0.276 e. The highest BCUT2D eigenvalue weighted by Crippen LogP contribution is 2.21. The van der Waals surface area contributed by atoms with Crippen molar-refractivity contribution in [1.29, 1.82) is 0 Å². The molecular formula is C16H30ClN5O. The van der Waals surface area contributed by atoms with Crippen LogP contribution in [0.2, 0.25) is 0 Å². The third-order valence-corrected chi connectivity index (χ3v) is 4.68. The normalized spacial score (nSPS) is 16.7. The molecule has 1 amide bonds. The van der Waals surface area contributed by atoms with E-state index in [-0.39, 0.29) is 18.3 Å². The predicted octanol–water partition coefficient (Wildman–Crippen LogP) is 2.44. The molecule has 1 aliphatic rings. The van der Waals surface area contributed by atoms with Gasteiger partial charge in [-0.3, -0.25) is 4.79 Å². The summed E-state index contributed by atoms with van der Waals surface area (Å²) in [6, 6.07) is 0.361. The van der Waals surface area contributed by atoms with E-state index in [2.05, 4.69) is 29.5 Å². The Kier molecular flexibility index (Phi) is 7.99. The number of nitrogens with zero attached hydrogens (tertiary/aromatic N) is 4. The van der Waals surface area contributed by atoms with E-state index in [4.69, 9.17) is 0 Å². The Morgan fingerprint density at radius 1 is 1.39 bits per heavy atom. The number of aromatic nitrogens is 3. The molecule has 23 heavy (non-hydrogen) atoms. The zero-order valence-corrected chi connectivity index (χ0v) is 15.5. The van der Waals surface area contributed by atoms with Crippen LogP contribution >= 0.6 is 12.4 Å². The molecule has 0 aromatic carbocycles. The number of carbonyl (C=O) groups is 1. The predicted molar refractivity (Wildman–Crippen MR) is 94.2 cm³/mol. The lowest BCUT2D eigenvalue weighted by Crippen LogP contribution is -2.35. The molecule has 1 unspecified atom stereocenters. The van der Waals surface area contributed by atoms with Crippen LogP contribution in [0.5, 0.6) is 0 Å². The zero-order chi connectivity index (χ0) is 16.1. The summed E-state index contributed by atoms with van der Waals surface area (Å²) < 4.78 is 1.95. The molecule has 1 fully saturated rings. The molecule has 0 saturated carbocycles. The van der Waals surface area contributed by atoms with Gasteiger partial charge in [0.2, 0.25) is 0 Å². The van der Waals surface area contributed by atoms with Crippen LogP contribution in [0.1, 0.15) is 62.3 Å². The van der Waals surface area contributed by atoms with E-state index in [1.807, 2.05) is 23.4 Å². The standard InChI is InChI=1S/C16H29N5O.ClH/c1-5-12(3)11-20(6-2)16(22)15-13(4)21(19-18-15)14-7-9-17-10-8-14;/h12,14,17H,5-11H2,1-4H3;1H. The van der Waals surface area contributed by atoms with Gasteiger partial charge in [-0.15, -0.1) is 17.5 Å². The van der Waals surface area contributed by atoms with E-state index in [1.54, 1.807) is 0 Å². The molecule has 2 heterocycles. The molecule has 6 nitrogen and oxygen atoms in total. The summed E-state index contributed by atoms with van der Waals surface area (Å²) in [5.41, 5.74) is 1.42. The Morgan fingerprint density at radius 2 is 2.04 bits per heavy atom. The van der Waals surface area contributed by atoms with Crippen molar-refractivity contribution < 1.29 is 4.79 Å². The van der Waals surface area contributed by atoms with Crippen LogP contribution in [-0.4, -0.2) is 52.0 Å². The summed E-state index contributed by atoms with van der Waals surface area (Å²) in [6.07, 6.45) is 3.16. The topological polar surface area (TPSA) is 63.1 Å². The van der Waals surface area contributed by atoms with Crippen molar-refractivity contribution >= 4 is 18.3 Å². The van der Waals surface area contributed by atoms with Gasteiger partial charge in [0.25, 0.3) is 5.91 Å². The highest BCUT2D eigenvalue weighted by atomic mass is 35.5. The Hall–Kier alpha value is -1.14. The smallest absolute Gasteiger partial charge is 0.276 e. The Morgan fingerprint density at radius 3 is 2.61 bits per heavy atom. The van der Waals surface area contributed by atoms with Crippen molar-refractivity contribution in [2.75, 3.05) is 26.2 Å². The Balaban J connectivity index is 0.00000264. The largest absolute Gasteiger partial charge is 0.337 e. The molecular weight excluding hydrogens is 314 g/mol. The van der Waals surface area contributed by atoms with Crippen molar-refractivity contribution in [1.82, 2.24) is 25.2 Å². The van der Waals surface area contributed by atoms with Gasteiger partial charge in [0.1, 0.15) is 0 Å². The van der Waals surface area contributed by atoms with Gasteiger partial charge in [-0.2, -0.15) is 0 Å². The quantitative estimate of drug-likeness (QED) is 0.861. The van der Waals surface area contributed by atoms with E-state index in [0.717, 1.165) is 44.6 Å². The number of hydrogen-bond donors (Lipinski definition) is 1. The SMILES string of the molecule is CCC(C)CN(CC)C(=O)c1nnn(C2CCNCC2)c1C.Cl. The molecule has 0 spiro atoms. The lowest BCUT2D eigenvalue weighted by molar-refractivity contribution is 0.0734. The summed E-state index contributed by atoms with van der Waals surface area (Å²) >= 11 is 0. The van der Waals surface area contributed by atoms with Gasteiger partial charge >= 0.3 is 0 Å². The third-order valence-electron chi connectivity index (χ3n) is 4.68. The van der Waals surface area contributed by atoms with Gasteiger partial charge in [0.15, 0.2) is 5.69 Å². The summed E-state index contributed by atoms with van der Waals surface area (Å²) in [7, 11) is 0. The molecule has 1 atom stereocenters. The Labute approximate surface area is 145 Å². The van der Waals surface area contributed by atoms with Crippen LogP contribution < -0.4 is 5.32 Å². The second-order valence-electron chi connectivity index (χ2n) is 6.31. The first-order valence-corrected chi connectivity index (χ1v) is 8.50. The maximum absolute atomic E-state index is 12.7. The van der Waals surface area contributed by atoms with Gasteiger partial charge in [-0.05, 0) is 45.7 Å². The van der Waals surface area contributed by atoms with Crippen LogP contribution in [0.4, 0.5) is 0 Å². The number of amides is 1. The van der Waals surface area contributed by atoms with Crippen LogP contribution in [0.3, 0.4) is 0 Å². The van der Waals surface area contributed by atoms with E-state index >= 15 is 0 Å². The van der Waals surface area contributed by atoms with Gasteiger partial charge in [-0.25, -0.2) is 4.68 Å². The van der Waals surface area contributed by atoms with E-state index in [9.17, 15) is 4.79 Å². The molecule has 7 heteroatoms. The molecule has 1 N–H and O–H groups in total. The summed E-state index contributed by atoms with van der Waals surface area (Å²) in [5.74, 6) is 0.518. The number of nitrogens with one attached hydrogen (secondary N) is 1. The molecule has 1 saturated heterocycles. The molecule has 1 aromatic rings. The summed E-state index contributed by atoms with van der Waals surface area (Å²) in [5, 5.41) is 11.8. The fraction of sp³-hybridized carbons (Fsp3) is 0.812. The van der Waals surface area contributed by atoms with Crippen molar-refractivity contribution in [3.63, 3.8) is 0 Å². The van der Waals surface area contributed by atoms with Crippen LogP contribution in [-0.2, 0) is 0 Å². The summed E-state index contributed by atoms with van der Waals surface area (Å²) in [4.78, 5) is 14.6. The van der Waals surface area contributed by atoms with Gasteiger partial charge in [-0.1, -0.05) is 25.5 Å². The molecule has 0 aliphatic carbocycles. The average Bonchev–Trinajstić information content (AvgIpc) is 2.94. The number of piperidine rings is 1. The minimum atomic E-state index is 0. The van der Waals surface area contributed by atoms with Crippen molar-refractivity contribution in [3.8, 4) is 0 Å². The van der Waals surface area contributed by atoms with Crippen LogP contribution in [0.25, 0.3) is 0 Å². The number of hydrogen-bond acceptors (Lipinski definition) is 4. The monoisotopic (exact) mass is 343 g/mol. The average molecular weight is 344 g/mol. The lowest BCUT2D eigenvalue weighted by atomic mass is 10.1. The molecule has 1 aliphatic heterocycles. The van der Waals surface area contributed by atoms with Crippen molar-refractivity contribution in [2.45, 2.75) is 53.0 Å². The summed E-state index contributed by atoms with van der Waals surface area (Å²) in [6.45, 7) is 11.8. The van der Waals surface area contributed by atoms with Gasteiger partial charge < -0.3 is 10.2 Å². The zero-order valence-electron chi connectivity index (χ0n) is 14.7. The van der Waals surface area contributed by atoms with Gasteiger partial charge in [0, 0.05) is 13.1 Å². The van der Waals surface area contributed by atoms with Crippen molar-refractivity contribution in [2.24, 2.45) is 5.92 Å². The minimum absolute atomic E-state index is 0. The first-order valence-electron chi connectivity index (χ1n) is 8.50. The number of carbonyl (C=O) groups excluding carboxylic acids is 1. The van der Waals surface area contributed by atoms with Crippen molar-refractivity contribution in [3.05, 3.63) is 11.4 Å².